The minimum absolute atomic E-state index is 0.0837. The highest BCUT2D eigenvalue weighted by molar-refractivity contribution is 6.29. The highest BCUT2D eigenvalue weighted by Gasteiger charge is 2.31. The summed E-state index contributed by atoms with van der Waals surface area (Å²) in [5.41, 5.74) is 2.51. The van der Waals surface area contributed by atoms with E-state index in [2.05, 4.69) is 5.43 Å². The molecule has 0 amide bonds. The summed E-state index contributed by atoms with van der Waals surface area (Å²) in [6.07, 6.45) is -3.06. The van der Waals surface area contributed by atoms with Crippen molar-refractivity contribution in [1.29, 1.82) is 0 Å². The molecule has 3 N–H and O–H groups in total. The fourth-order valence-electron chi connectivity index (χ4n) is 1.77. The van der Waals surface area contributed by atoms with Crippen molar-refractivity contribution in [3.63, 3.8) is 0 Å². The van der Waals surface area contributed by atoms with Gasteiger partial charge in [0.05, 0.1) is 17.9 Å². The third kappa shape index (κ3) is 2.91. The van der Waals surface area contributed by atoms with E-state index in [4.69, 9.17) is 21.9 Å². The molecule has 1 atom stereocenters. The number of nitrogens with two attached hydrogens (primary N) is 1. The van der Waals surface area contributed by atoms with Crippen LogP contribution in [-0.2, 0) is 6.18 Å². The molecule has 0 aliphatic carbocycles. The molecule has 1 unspecified atom stereocenters. The Bertz CT molecular complexity index is 568. The largest absolute Gasteiger partial charge is 0.453 e. The number of alkyl halides is 3. The number of nitrogens with one attached hydrogen (secondary N) is 1. The molecule has 0 saturated heterocycles. The van der Waals surface area contributed by atoms with Gasteiger partial charge < -0.3 is 4.42 Å². The molecule has 0 bridgehead atoms. The molecule has 7 heteroatoms. The van der Waals surface area contributed by atoms with Crippen LogP contribution in [0.25, 0.3) is 0 Å². The summed E-state index contributed by atoms with van der Waals surface area (Å²) in [4.78, 5) is 0. The topological polar surface area (TPSA) is 51.2 Å². The zero-order valence-corrected chi connectivity index (χ0v) is 10.3. The first kappa shape index (κ1) is 13.9. The summed E-state index contributed by atoms with van der Waals surface area (Å²) in [6, 6.07) is 5.74. The second-order valence-electron chi connectivity index (χ2n) is 3.87. The van der Waals surface area contributed by atoms with Crippen molar-refractivity contribution < 1.29 is 17.6 Å². The van der Waals surface area contributed by atoms with E-state index in [0.29, 0.717) is 11.1 Å². The Labute approximate surface area is 112 Å². The SMILES string of the molecule is NNC(c1cccc(C(F)(F)F)c1)c1ccoc1Cl. The van der Waals surface area contributed by atoms with E-state index in [9.17, 15) is 13.2 Å². The Hall–Kier alpha value is -1.50. The lowest BCUT2D eigenvalue weighted by molar-refractivity contribution is -0.137. The average Bonchev–Trinajstić information content (AvgIpc) is 2.76. The van der Waals surface area contributed by atoms with Gasteiger partial charge in [-0.3, -0.25) is 5.84 Å². The molecule has 3 nitrogen and oxygen atoms in total. The zero-order chi connectivity index (χ0) is 14.0. The van der Waals surface area contributed by atoms with Crippen LogP contribution in [0.5, 0.6) is 0 Å². The van der Waals surface area contributed by atoms with E-state index in [0.717, 1.165) is 12.1 Å². The fraction of sp³-hybridized carbons (Fsp3) is 0.167. The van der Waals surface area contributed by atoms with Gasteiger partial charge in [0, 0.05) is 5.56 Å². The van der Waals surface area contributed by atoms with E-state index in [-0.39, 0.29) is 5.22 Å². The predicted molar refractivity (Wildman–Crippen MR) is 64.3 cm³/mol. The van der Waals surface area contributed by atoms with Crippen molar-refractivity contribution in [3.05, 3.63) is 58.5 Å². The number of furan rings is 1. The minimum Gasteiger partial charge on any atom is -0.453 e. The molecule has 1 aromatic heterocycles. The maximum absolute atomic E-state index is 12.7. The van der Waals surface area contributed by atoms with E-state index in [1.165, 1.54) is 18.4 Å². The van der Waals surface area contributed by atoms with E-state index >= 15 is 0 Å². The number of rotatable bonds is 3. The monoisotopic (exact) mass is 290 g/mol. The quantitative estimate of drug-likeness (QED) is 0.672. The highest BCUT2D eigenvalue weighted by atomic mass is 35.5. The van der Waals surface area contributed by atoms with Crippen molar-refractivity contribution in [1.82, 2.24) is 5.43 Å². The number of hydrazine groups is 1. The maximum atomic E-state index is 12.7. The lowest BCUT2D eigenvalue weighted by Crippen LogP contribution is -2.29. The molecule has 102 valence electrons. The van der Waals surface area contributed by atoms with Crippen LogP contribution in [-0.4, -0.2) is 0 Å². The summed E-state index contributed by atoms with van der Waals surface area (Å²) in [6.45, 7) is 0. The van der Waals surface area contributed by atoms with Crippen LogP contribution in [0.15, 0.2) is 41.0 Å². The zero-order valence-electron chi connectivity index (χ0n) is 9.54. The van der Waals surface area contributed by atoms with Gasteiger partial charge in [0.15, 0.2) is 5.22 Å². The van der Waals surface area contributed by atoms with Gasteiger partial charge in [0.25, 0.3) is 0 Å². The summed E-state index contributed by atoms with van der Waals surface area (Å²) in [5.74, 6) is 5.39. The van der Waals surface area contributed by atoms with Gasteiger partial charge in [0.1, 0.15) is 0 Å². The van der Waals surface area contributed by atoms with Crippen molar-refractivity contribution in [3.8, 4) is 0 Å². The first-order chi connectivity index (χ1) is 8.93. The summed E-state index contributed by atoms with van der Waals surface area (Å²) < 4.78 is 42.9. The molecule has 0 fully saturated rings. The lowest BCUT2D eigenvalue weighted by Gasteiger charge is -2.17. The Balaban J connectivity index is 2.42. The molecule has 0 aliphatic rings. The Morgan fingerprint density at radius 1 is 1.26 bits per heavy atom. The van der Waals surface area contributed by atoms with Crippen molar-refractivity contribution in [2.75, 3.05) is 0 Å². The Kier molecular flexibility index (Phi) is 3.84. The number of benzene rings is 1. The summed E-state index contributed by atoms with van der Waals surface area (Å²) >= 11 is 5.81. The van der Waals surface area contributed by atoms with Crippen LogP contribution < -0.4 is 11.3 Å². The number of hydrogen-bond acceptors (Lipinski definition) is 3. The first-order valence-corrected chi connectivity index (χ1v) is 5.67. The van der Waals surface area contributed by atoms with Crippen LogP contribution in [0.4, 0.5) is 13.2 Å². The van der Waals surface area contributed by atoms with Gasteiger partial charge in [-0.2, -0.15) is 13.2 Å². The van der Waals surface area contributed by atoms with Gasteiger partial charge in [-0.05, 0) is 35.4 Å². The maximum Gasteiger partial charge on any atom is 0.416 e. The van der Waals surface area contributed by atoms with E-state index in [1.807, 2.05) is 0 Å². The molecule has 19 heavy (non-hydrogen) atoms. The third-order valence-electron chi connectivity index (χ3n) is 2.67. The summed E-state index contributed by atoms with van der Waals surface area (Å²) in [7, 11) is 0. The third-order valence-corrected chi connectivity index (χ3v) is 2.98. The van der Waals surface area contributed by atoms with Crippen LogP contribution in [0.1, 0.15) is 22.7 Å². The minimum atomic E-state index is -4.41. The van der Waals surface area contributed by atoms with Gasteiger partial charge >= 0.3 is 6.18 Å². The van der Waals surface area contributed by atoms with Crippen LogP contribution in [0.2, 0.25) is 5.22 Å². The van der Waals surface area contributed by atoms with Gasteiger partial charge in [-0.1, -0.05) is 12.1 Å². The lowest BCUT2D eigenvalue weighted by atomic mass is 9.99. The molecule has 2 aromatic rings. The first-order valence-electron chi connectivity index (χ1n) is 5.29. The molecular formula is C12H10ClF3N2O. The second-order valence-corrected chi connectivity index (χ2v) is 4.22. The molecule has 0 spiro atoms. The smallest absolute Gasteiger partial charge is 0.416 e. The molecule has 1 heterocycles. The standard InChI is InChI=1S/C12H10ClF3N2O/c13-11-9(4-5-19-11)10(18-17)7-2-1-3-8(6-7)12(14,15)16/h1-6,10,18H,17H2. The molecule has 0 saturated carbocycles. The highest BCUT2D eigenvalue weighted by Crippen LogP contribution is 2.33. The summed E-state index contributed by atoms with van der Waals surface area (Å²) in [5, 5.41) is 0.0837. The molecule has 0 aliphatic heterocycles. The number of hydrogen-bond donors (Lipinski definition) is 2. The van der Waals surface area contributed by atoms with E-state index in [1.54, 1.807) is 6.07 Å². The Morgan fingerprint density at radius 2 is 2.00 bits per heavy atom. The molecule has 2 rings (SSSR count). The predicted octanol–water partition coefficient (Wildman–Crippen LogP) is 3.50. The second kappa shape index (κ2) is 5.24. The van der Waals surface area contributed by atoms with Gasteiger partial charge in [0.2, 0.25) is 0 Å². The fourth-order valence-corrected chi connectivity index (χ4v) is 1.99. The van der Waals surface area contributed by atoms with Crippen molar-refractivity contribution >= 4 is 11.6 Å². The molecular weight excluding hydrogens is 281 g/mol. The number of halogens is 4. The van der Waals surface area contributed by atoms with Crippen LogP contribution in [0, 0.1) is 0 Å². The van der Waals surface area contributed by atoms with Crippen LogP contribution >= 0.6 is 11.6 Å². The van der Waals surface area contributed by atoms with Crippen molar-refractivity contribution in [2.45, 2.75) is 12.2 Å². The van der Waals surface area contributed by atoms with E-state index < -0.39 is 17.8 Å². The Morgan fingerprint density at radius 3 is 2.53 bits per heavy atom. The van der Waals surface area contributed by atoms with Crippen molar-refractivity contribution in [2.24, 2.45) is 5.84 Å². The van der Waals surface area contributed by atoms with Gasteiger partial charge in [-0.15, -0.1) is 0 Å². The molecule has 1 aromatic carbocycles. The average molecular weight is 291 g/mol. The molecule has 0 radical (unpaired) electrons. The van der Waals surface area contributed by atoms with Crippen LogP contribution in [0.3, 0.4) is 0 Å². The normalized spacial score (nSPS) is 13.5. The van der Waals surface area contributed by atoms with Gasteiger partial charge in [-0.25, -0.2) is 5.43 Å².